The normalized spacial score (nSPS) is 12.7. The summed E-state index contributed by atoms with van der Waals surface area (Å²) in [6.45, 7) is 6.05. The van der Waals surface area contributed by atoms with Gasteiger partial charge in [0.25, 0.3) is 0 Å². The lowest BCUT2D eigenvalue weighted by molar-refractivity contribution is 0.101. The Kier molecular flexibility index (Phi) is 6.60. The largest absolute Gasteiger partial charge is 0.294 e. The van der Waals surface area contributed by atoms with Gasteiger partial charge in [0, 0.05) is 11.3 Å². The molecule has 1 atom stereocenters. The number of hydrogen-bond donors (Lipinski definition) is 0. The van der Waals surface area contributed by atoms with Gasteiger partial charge in [-0.3, -0.25) is 4.79 Å². The van der Waals surface area contributed by atoms with Gasteiger partial charge < -0.3 is 0 Å². The maximum absolute atomic E-state index is 11.5. The van der Waals surface area contributed by atoms with Crippen molar-refractivity contribution < 1.29 is 4.79 Å². The van der Waals surface area contributed by atoms with E-state index in [4.69, 9.17) is 11.6 Å². The van der Waals surface area contributed by atoms with Crippen LogP contribution in [0.2, 0.25) is 4.34 Å². The molecule has 0 N–H and O–H groups in total. The zero-order valence-corrected chi connectivity index (χ0v) is 13.0. The van der Waals surface area contributed by atoms with Gasteiger partial charge in [-0.2, -0.15) is 0 Å². The zero-order chi connectivity index (χ0) is 12.8. The lowest BCUT2D eigenvalue weighted by Crippen LogP contribution is -2.01. The Labute approximate surface area is 117 Å². The van der Waals surface area contributed by atoms with Crippen molar-refractivity contribution in [3.8, 4) is 0 Å². The summed E-state index contributed by atoms with van der Waals surface area (Å²) in [4.78, 5) is 11.5. The number of thiophene rings is 1. The third kappa shape index (κ3) is 4.65. The van der Waals surface area contributed by atoms with E-state index in [9.17, 15) is 4.79 Å². The first-order chi connectivity index (χ1) is 8.08. The molecule has 0 saturated heterocycles. The molecular formula is C13H19ClOS2. The van der Waals surface area contributed by atoms with Crippen LogP contribution in [0.4, 0.5) is 0 Å². The summed E-state index contributed by atoms with van der Waals surface area (Å²) in [5.74, 6) is 1.94. The molecule has 0 radical (unpaired) electrons. The molecule has 1 unspecified atom stereocenters. The fourth-order valence-corrected chi connectivity index (χ4v) is 4.71. The maximum Gasteiger partial charge on any atom is 0.161 e. The SMILES string of the molecule is CCCC(CC)CSc1sc(Cl)cc1C(C)=O. The predicted octanol–water partition coefficient (Wildman–Crippen LogP) is 5.52. The number of carbonyl (C=O) groups is 1. The molecule has 0 aliphatic rings. The van der Waals surface area contributed by atoms with Crippen molar-refractivity contribution in [3.05, 3.63) is 16.0 Å². The van der Waals surface area contributed by atoms with E-state index in [2.05, 4.69) is 13.8 Å². The third-order valence-corrected chi connectivity index (χ3v) is 5.55. The number of carbonyl (C=O) groups excluding carboxylic acids is 1. The first-order valence-corrected chi connectivity index (χ1v) is 8.19. The first-order valence-electron chi connectivity index (χ1n) is 6.01. The molecule has 4 heteroatoms. The van der Waals surface area contributed by atoms with Crippen LogP contribution in [0.1, 0.15) is 50.4 Å². The molecule has 17 heavy (non-hydrogen) atoms. The highest BCUT2D eigenvalue weighted by molar-refractivity contribution is 8.01. The van der Waals surface area contributed by atoms with E-state index in [-0.39, 0.29) is 5.78 Å². The molecule has 1 heterocycles. The highest BCUT2D eigenvalue weighted by Crippen LogP contribution is 2.36. The fourth-order valence-electron chi connectivity index (χ4n) is 1.71. The standard InChI is InChI=1S/C13H19ClOS2/c1-4-6-10(5-2)8-16-13-11(9(3)15)7-12(14)17-13/h7,10H,4-6,8H2,1-3H3. The molecule has 1 aromatic rings. The van der Waals surface area contributed by atoms with Gasteiger partial charge in [0.15, 0.2) is 5.78 Å². The maximum atomic E-state index is 11.5. The Balaban J connectivity index is 2.64. The number of thioether (sulfide) groups is 1. The Bertz CT molecular complexity index is 373. The van der Waals surface area contributed by atoms with Crippen LogP contribution in [0, 0.1) is 5.92 Å². The van der Waals surface area contributed by atoms with Gasteiger partial charge in [-0.05, 0) is 25.3 Å². The van der Waals surface area contributed by atoms with Gasteiger partial charge in [-0.25, -0.2) is 0 Å². The summed E-state index contributed by atoms with van der Waals surface area (Å²) in [6, 6.07) is 1.79. The number of ketones is 1. The van der Waals surface area contributed by atoms with Gasteiger partial charge >= 0.3 is 0 Å². The number of rotatable bonds is 7. The van der Waals surface area contributed by atoms with Gasteiger partial charge in [-0.15, -0.1) is 23.1 Å². The molecular weight excluding hydrogens is 272 g/mol. The molecule has 0 spiro atoms. The minimum atomic E-state index is 0.110. The van der Waals surface area contributed by atoms with E-state index in [1.54, 1.807) is 24.8 Å². The topological polar surface area (TPSA) is 17.1 Å². The molecule has 0 aliphatic carbocycles. The lowest BCUT2D eigenvalue weighted by Gasteiger charge is -2.12. The highest BCUT2D eigenvalue weighted by Gasteiger charge is 2.14. The van der Waals surface area contributed by atoms with E-state index in [0.717, 1.165) is 21.4 Å². The van der Waals surface area contributed by atoms with Crippen LogP contribution in [0.25, 0.3) is 0 Å². The van der Waals surface area contributed by atoms with Crippen molar-refractivity contribution in [1.29, 1.82) is 0 Å². The lowest BCUT2D eigenvalue weighted by atomic mass is 10.0. The van der Waals surface area contributed by atoms with Crippen molar-refractivity contribution in [2.45, 2.75) is 44.2 Å². The Morgan fingerprint density at radius 1 is 1.53 bits per heavy atom. The Hall–Kier alpha value is 0.01000. The molecule has 0 aliphatic heterocycles. The van der Waals surface area contributed by atoms with Crippen LogP contribution in [-0.4, -0.2) is 11.5 Å². The van der Waals surface area contributed by atoms with Crippen LogP contribution >= 0.6 is 34.7 Å². The van der Waals surface area contributed by atoms with Crippen molar-refractivity contribution in [2.75, 3.05) is 5.75 Å². The molecule has 0 aromatic carbocycles. The van der Waals surface area contributed by atoms with Gasteiger partial charge in [0.05, 0.1) is 8.55 Å². The van der Waals surface area contributed by atoms with E-state index >= 15 is 0 Å². The predicted molar refractivity (Wildman–Crippen MR) is 78.7 cm³/mol. The molecule has 1 aromatic heterocycles. The van der Waals surface area contributed by atoms with Gasteiger partial charge in [-0.1, -0.05) is 38.3 Å². The van der Waals surface area contributed by atoms with Crippen LogP contribution in [0.5, 0.6) is 0 Å². The van der Waals surface area contributed by atoms with Crippen LogP contribution in [0.3, 0.4) is 0 Å². The summed E-state index contributed by atoms with van der Waals surface area (Å²) in [5, 5.41) is 0. The summed E-state index contributed by atoms with van der Waals surface area (Å²) in [6.07, 6.45) is 3.69. The molecule has 96 valence electrons. The molecule has 1 nitrogen and oxygen atoms in total. The molecule has 0 saturated carbocycles. The second-order valence-corrected chi connectivity index (χ2v) is 7.15. The van der Waals surface area contributed by atoms with Crippen LogP contribution in [-0.2, 0) is 0 Å². The summed E-state index contributed by atoms with van der Waals surface area (Å²) < 4.78 is 1.79. The molecule has 0 amide bonds. The average molecular weight is 291 g/mol. The van der Waals surface area contributed by atoms with Gasteiger partial charge in [0.1, 0.15) is 0 Å². The van der Waals surface area contributed by atoms with Crippen molar-refractivity contribution >= 4 is 40.5 Å². The summed E-state index contributed by atoms with van der Waals surface area (Å²) in [5.41, 5.74) is 0.788. The second kappa shape index (κ2) is 7.45. The number of hydrogen-bond acceptors (Lipinski definition) is 3. The van der Waals surface area contributed by atoms with E-state index in [1.807, 2.05) is 0 Å². The number of Topliss-reactive ketones (excluding diaryl/α,β-unsaturated/α-hetero) is 1. The third-order valence-electron chi connectivity index (χ3n) is 2.77. The van der Waals surface area contributed by atoms with E-state index < -0.39 is 0 Å². The fraction of sp³-hybridized carbons (Fsp3) is 0.615. The summed E-state index contributed by atoms with van der Waals surface area (Å²) in [7, 11) is 0. The monoisotopic (exact) mass is 290 g/mol. The average Bonchev–Trinajstić information content (AvgIpc) is 2.66. The van der Waals surface area contributed by atoms with Gasteiger partial charge in [0.2, 0.25) is 0 Å². The Morgan fingerprint density at radius 3 is 2.76 bits per heavy atom. The minimum absolute atomic E-state index is 0.110. The quantitative estimate of drug-likeness (QED) is 0.485. The molecule has 1 rings (SSSR count). The van der Waals surface area contributed by atoms with Crippen molar-refractivity contribution in [1.82, 2.24) is 0 Å². The highest BCUT2D eigenvalue weighted by atomic mass is 35.5. The zero-order valence-electron chi connectivity index (χ0n) is 10.6. The van der Waals surface area contributed by atoms with Crippen LogP contribution < -0.4 is 0 Å². The van der Waals surface area contributed by atoms with Crippen LogP contribution in [0.15, 0.2) is 10.3 Å². The number of halogens is 1. The molecule has 0 bridgehead atoms. The Morgan fingerprint density at radius 2 is 2.24 bits per heavy atom. The van der Waals surface area contributed by atoms with Crippen molar-refractivity contribution in [3.63, 3.8) is 0 Å². The minimum Gasteiger partial charge on any atom is -0.294 e. The smallest absolute Gasteiger partial charge is 0.161 e. The van der Waals surface area contributed by atoms with E-state index in [1.165, 1.54) is 30.6 Å². The van der Waals surface area contributed by atoms with Crippen molar-refractivity contribution in [2.24, 2.45) is 5.92 Å². The first kappa shape index (κ1) is 15.1. The summed E-state index contributed by atoms with van der Waals surface area (Å²) >= 11 is 9.28. The second-order valence-electron chi connectivity index (χ2n) is 4.18. The molecule has 0 fully saturated rings. The van der Waals surface area contributed by atoms with E-state index in [0.29, 0.717) is 4.34 Å².